The summed E-state index contributed by atoms with van der Waals surface area (Å²) in [6, 6.07) is 4.29. The minimum Gasteiger partial charge on any atom is -0.390 e. The Labute approximate surface area is 83.6 Å². The van der Waals surface area contributed by atoms with E-state index in [2.05, 4.69) is 31.0 Å². The molecule has 2 rings (SSSR count). The number of aliphatic hydroxyl groups is 1. The Morgan fingerprint density at radius 3 is 2.57 bits per heavy atom. The lowest BCUT2D eigenvalue weighted by Gasteiger charge is -2.00. The molecule has 2 N–H and O–H groups in total. The van der Waals surface area contributed by atoms with Gasteiger partial charge in [-0.3, -0.25) is 0 Å². The van der Waals surface area contributed by atoms with Crippen LogP contribution in [-0.4, -0.2) is 10.1 Å². The summed E-state index contributed by atoms with van der Waals surface area (Å²) in [6.07, 6.45) is 0. The van der Waals surface area contributed by atoms with Crippen LogP contribution < -0.4 is 0 Å². The molecule has 2 heteroatoms. The maximum atomic E-state index is 9.15. The third kappa shape index (κ3) is 1.23. The molecule has 1 aromatic carbocycles. The second-order valence-corrected chi connectivity index (χ2v) is 3.89. The van der Waals surface area contributed by atoms with Gasteiger partial charge in [0.2, 0.25) is 0 Å². The lowest BCUT2D eigenvalue weighted by atomic mass is 10.0. The summed E-state index contributed by atoms with van der Waals surface area (Å²) in [5, 5.41) is 10.4. The highest BCUT2D eigenvalue weighted by Crippen LogP contribution is 2.26. The maximum absolute atomic E-state index is 9.15. The standard InChI is InChI=1S/C12H15NO/c1-7-4-8(2)12-9(3)11(6-14)13-10(12)5-7/h4-5,13-14H,6H2,1-3H3. The van der Waals surface area contributed by atoms with Crippen molar-refractivity contribution in [2.24, 2.45) is 0 Å². The number of aromatic amines is 1. The van der Waals surface area contributed by atoms with Crippen molar-refractivity contribution in [1.82, 2.24) is 4.98 Å². The second kappa shape index (κ2) is 3.14. The number of H-pyrrole nitrogens is 1. The van der Waals surface area contributed by atoms with Gasteiger partial charge in [0.15, 0.2) is 0 Å². The molecule has 0 fully saturated rings. The molecular formula is C12H15NO. The van der Waals surface area contributed by atoms with Crippen molar-refractivity contribution in [2.75, 3.05) is 0 Å². The van der Waals surface area contributed by atoms with Crippen LogP contribution in [-0.2, 0) is 6.61 Å². The van der Waals surface area contributed by atoms with Crippen LogP contribution in [0.5, 0.6) is 0 Å². The molecule has 0 spiro atoms. The molecule has 2 nitrogen and oxygen atoms in total. The topological polar surface area (TPSA) is 36.0 Å². The summed E-state index contributed by atoms with van der Waals surface area (Å²) in [5.41, 5.74) is 5.74. The smallest absolute Gasteiger partial charge is 0.0833 e. The third-order valence-corrected chi connectivity index (χ3v) is 2.75. The Morgan fingerprint density at radius 2 is 1.93 bits per heavy atom. The highest BCUT2D eigenvalue weighted by molar-refractivity contribution is 5.88. The van der Waals surface area contributed by atoms with Crippen molar-refractivity contribution in [3.63, 3.8) is 0 Å². The number of aromatic nitrogens is 1. The monoisotopic (exact) mass is 189 g/mol. The van der Waals surface area contributed by atoms with Crippen LogP contribution in [0, 0.1) is 20.8 Å². The first-order chi connectivity index (χ1) is 6.63. The largest absolute Gasteiger partial charge is 0.390 e. The van der Waals surface area contributed by atoms with E-state index in [9.17, 15) is 0 Å². The number of hydrogen-bond acceptors (Lipinski definition) is 1. The van der Waals surface area contributed by atoms with E-state index in [0.29, 0.717) is 0 Å². The fourth-order valence-electron chi connectivity index (χ4n) is 2.13. The highest BCUT2D eigenvalue weighted by Gasteiger charge is 2.08. The molecule has 0 saturated heterocycles. The van der Waals surface area contributed by atoms with Crippen LogP contribution in [0.4, 0.5) is 0 Å². The lowest BCUT2D eigenvalue weighted by Crippen LogP contribution is -1.84. The molecule has 0 amide bonds. The molecule has 0 aliphatic rings. The SMILES string of the molecule is Cc1cc(C)c2c(C)c(CO)[nH]c2c1. The predicted octanol–water partition coefficient (Wildman–Crippen LogP) is 2.59. The zero-order chi connectivity index (χ0) is 10.3. The van der Waals surface area contributed by atoms with Crippen molar-refractivity contribution in [1.29, 1.82) is 0 Å². The van der Waals surface area contributed by atoms with E-state index in [4.69, 9.17) is 5.11 Å². The van der Waals surface area contributed by atoms with Crippen LogP contribution in [0.2, 0.25) is 0 Å². The van der Waals surface area contributed by atoms with E-state index in [-0.39, 0.29) is 6.61 Å². The van der Waals surface area contributed by atoms with E-state index >= 15 is 0 Å². The van der Waals surface area contributed by atoms with E-state index in [1.54, 1.807) is 0 Å². The van der Waals surface area contributed by atoms with Crippen LogP contribution in [0.15, 0.2) is 12.1 Å². The average molecular weight is 189 g/mol. The van der Waals surface area contributed by atoms with Crippen LogP contribution in [0.25, 0.3) is 10.9 Å². The first-order valence-electron chi connectivity index (χ1n) is 4.82. The summed E-state index contributed by atoms with van der Waals surface area (Å²) in [6.45, 7) is 6.32. The molecule has 0 radical (unpaired) electrons. The van der Waals surface area contributed by atoms with Crippen molar-refractivity contribution in [2.45, 2.75) is 27.4 Å². The van der Waals surface area contributed by atoms with Gasteiger partial charge in [-0.15, -0.1) is 0 Å². The predicted molar refractivity (Wildman–Crippen MR) is 58.4 cm³/mol. The fraction of sp³-hybridized carbons (Fsp3) is 0.333. The lowest BCUT2D eigenvalue weighted by molar-refractivity contribution is 0.277. The van der Waals surface area contributed by atoms with Gasteiger partial charge in [0.05, 0.1) is 6.61 Å². The van der Waals surface area contributed by atoms with E-state index in [1.807, 2.05) is 6.92 Å². The first kappa shape index (κ1) is 9.28. The Balaban J connectivity index is 2.85. The molecule has 0 bridgehead atoms. The number of aryl methyl sites for hydroxylation is 3. The maximum Gasteiger partial charge on any atom is 0.0833 e. The molecule has 2 aromatic rings. The summed E-state index contributed by atoms with van der Waals surface area (Å²) in [7, 11) is 0. The minimum absolute atomic E-state index is 0.0823. The van der Waals surface area contributed by atoms with Crippen LogP contribution in [0.3, 0.4) is 0 Å². The van der Waals surface area contributed by atoms with Gasteiger partial charge in [-0.1, -0.05) is 6.07 Å². The van der Waals surface area contributed by atoms with Gasteiger partial charge in [0.1, 0.15) is 0 Å². The number of aliphatic hydroxyl groups excluding tert-OH is 1. The molecule has 14 heavy (non-hydrogen) atoms. The molecule has 1 heterocycles. The van der Waals surface area contributed by atoms with Crippen LogP contribution in [0.1, 0.15) is 22.4 Å². The molecule has 0 atom stereocenters. The molecular weight excluding hydrogens is 174 g/mol. The van der Waals surface area contributed by atoms with E-state index in [1.165, 1.54) is 22.1 Å². The van der Waals surface area contributed by atoms with Gasteiger partial charge in [0.25, 0.3) is 0 Å². The summed E-state index contributed by atoms with van der Waals surface area (Å²) < 4.78 is 0. The average Bonchev–Trinajstić information content (AvgIpc) is 2.42. The summed E-state index contributed by atoms with van der Waals surface area (Å²) in [4.78, 5) is 3.25. The summed E-state index contributed by atoms with van der Waals surface area (Å²) in [5.74, 6) is 0. The number of rotatable bonds is 1. The highest BCUT2D eigenvalue weighted by atomic mass is 16.3. The summed E-state index contributed by atoms with van der Waals surface area (Å²) >= 11 is 0. The quantitative estimate of drug-likeness (QED) is 0.710. The molecule has 0 aliphatic heterocycles. The molecule has 74 valence electrons. The van der Waals surface area contributed by atoms with Crippen molar-refractivity contribution in [3.8, 4) is 0 Å². The van der Waals surface area contributed by atoms with Crippen LogP contribution >= 0.6 is 0 Å². The van der Waals surface area contributed by atoms with Gasteiger partial charge >= 0.3 is 0 Å². The zero-order valence-electron chi connectivity index (χ0n) is 8.81. The van der Waals surface area contributed by atoms with Gasteiger partial charge in [-0.05, 0) is 43.5 Å². The molecule has 0 aliphatic carbocycles. The zero-order valence-corrected chi connectivity index (χ0v) is 8.81. The number of benzene rings is 1. The number of hydrogen-bond donors (Lipinski definition) is 2. The van der Waals surface area contributed by atoms with E-state index < -0.39 is 0 Å². The second-order valence-electron chi connectivity index (χ2n) is 3.89. The Bertz CT molecular complexity index is 483. The Kier molecular flexibility index (Phi) is 2.08. The Morgan fingerprint density at radius 1 is 1.21 bits per heavy atom. The molecule has 1 aromatic heterocycles. The van der Waals surface area contributed by atoms with Gasteiger partial charge < -0.3 is 10.1 Å². The minimum atomic E-state index is 0.0823. The van der Waals surface area contributed by atoms with Crippen molar-refractivity contribution in [3.05, 3.63) is 34.5 Å². The number of nitrogens with one attached hydrogen (secondary N) is 1. The Hall–Kier alpha value is -1.28. The first-order valence-corrected chi connectivity index (χ1v) is 4.82. The normalized spacial score (nSPS) is 11.1. The fourth-order valence-corrected chi connectivity index (χ4v) is 2.13. The third-order valence-electron chi connectivity index (χ3n) is 2.75. The molecule has 0 unspecified atom stereocenters. The van der Waals surface area contributed by atoms with Crippen molar-refractivity contribution >= 4 is 10.9 Å². The molecule has 0 saturated carbocycles. The van der Waals surface area contributed by atoms with Crippen molar-refractivity contribution < 1.29 is 5.11 Å². The van der Waals surface area contributed by atoms with Gasteiger partial charge in [-0.2, -0.15) is 0 Å². The van der Waals surface area contributed by atoms with Gasteiger partial charge in [-0.25, -0.2) is 0 Å². The van der Waals surface area contributed by atoms with Gasteiger partial charge in [0, 0.05) is 16.6 Å². The van der Waals surface area contributed by atoms with E-state index in [0.717, 1.165) is 11.2 Å². The number of fused-ring (bicyclic) bond motifs is 1.